The van der Waals surface area contributed by atoms with Crippen LogP contribution in [0.1, 0.15) is 37.4 Å². The smallest absolute Gasteiger partial charge is 0.248 e. The van der Waals surface area contributed by atoms with Crippen LogP contribution in [-0.2, 0) is 0 Å². The molecule has 0 aliphatic heterocycles. The van der Waals surface area contributed by atoms with Crippen LogP contribution in [0.25, 0.3) is 0 Å². The minimum atomic E-state index is -2.50. The van der Waals surface area contributed by atoms with Gasteiger partial charge in [-0.25, -0.2) is 8.78 Å². The van der Waals surface area contributed by atoms with Crippen LogP contribution in [0.2, 0.25) is 0 Å². The van der Waals surface area contributed by atoms with Gasteiger partial charge in [-0.3, -0.25) is 5.10 Å². The summed E-state index contributed by atoms with van der Waals surface area (Å²) in [5.74, 6) is -1.63. The first kappa shape index (κ1) is 9.36. The molecule has 4 nitrogen and oxygen atoms in total. The van der Waals surface area contributed by atoms with Gasteiger partial charge in [-0.05, 0) is 12.8 Å². The Bertz CT molecular complexity index is 313. The van der Waals surface area contributed by atoms with Gasteiger partial charge < -0.3 is 5.73 Å². The number of halogens is 2. The zero-order valence-electron chi connectivity index (χ0n) is 7.63. The summed E-state index contributed by atoms with van der Waals surface area (Å²) in [6.07, 6.45) is 0.750. The fourth-order valence-corrected chi connectivity index (χ4v) is 1.78. The summed E-state index contributed by atoms with van der Waals surface area (Å²) in [6, 6.07) is 0. The molecule has 0 bridgehead atoms. The third-order valence-electron chi connectivity index (χ3n) is 2.62. The number of nitrogens with zero attached hydrogens (tertiary/aromatic N) is 2. The fraction of sp³-hybridized carbons (Fsp3) is 0.750. The van der Waals surface area contributed by atoms with Gasteiger partial charge in [-0.15, -0.1) is 5.10 Å². The number of anilines is 1. The number of H-pyrrole nitrogens is 1. The summed E-state index contributed by atoms with van der Waals surface area (Å²) in [4.78, 5) is 3.95. The number of aromatic nitrogens is 3. The number of nitrogens with one attached hydrogen (secondary N) is 1. The lowest BCUT2D eigenvalue weighted by Crippen LogP contribution is -2.24. The molecule has 0 radical (unpaired) electrons. The number of alkyl halides is 2. The molecule has 78 valence electrons. The highest BCUT2D eigenvalue weighted by Crippen LogP contribution is 2.39. The monoisotopic (exact) mass is 202 g/mol. The molecule has 1 aromatic rings. The molecule has 0 saturated heterocycles. The van der Waals surface area contributed by atoms with E-state index < -0.39 is 5.92 Å². The van der Waals surface area contributed by atoms with Crippen LogP contribution in [0.15, 0.2) is 0 Å². The number of hydrogen-bond acceptors (Lipinski definition) is 3. The van der Waals surface area contributed by atoms with E-state index in [-0.39, 0.29) is 24.7 Å². The van der Waals surface area contributed by atoms with Crippen LogP contribution in [-0.4, -0.2) is 21.1 Å². The highest BCUT2D eigenvalue weighted by Gasteiger charge is 2.36. The molecule has 1 aliphatic rings. The predicted molar refractivity (Wildman–Crippen MR) is 47.0 cm³/mol. The van der Waals surface area contributed by atoms with Crippen molar-refractivity contribution in [1.82, 2.24) is 15.2 Å². The summed E-state index contributed by atoms with van der Waals surface area (Å²) in [7, 11) is 0. The quantitative estimate of drug-likeness (QED) is 0.728. The van der Waals surface area contributed by atoms with Crippen molar-refractivity contribution in [3.05, 3.63) is 5.82 Å². The molecular formula is C8H12F2N4. The highest BCUT2D eigenvalue weighted by molar-refractivity contribution is 5.15. The summed E-state index contributed by atoms with van der Waals surface area (Å²) >= 11 is 0. The van der Waals surface area contributed by atoms with Crippen LogP contribution in [0.4, 0.5) is 14.7 Å². The lowest BCUT2D eigenvalue weighted by molar-refractivity contribution is -0.0387. The van der Waals surface area contributed by atoms with Gasteiger partial charge in [-0.2, -0.15) is 4.98 Å². The molecule has 0 atom stereocenters. The molecule has 3 N–H and O–H groups in total. The zero-order chi connectivity index (χ0) is 10.2. The maximum Gasteiger partial charge on any atom is 0.248 e. The number of rotatable bonds is 1. The van der Waals surface area contributed by atoms with Crippen molar-refractivity contribution in [1.29, 1.82) is 0 Å². The predicted octanol–water partition coefficient (Wildman–Crippen LogP) is 1.68. The Morgan fingerprint density at radius 1 is 1.36 bits per heavy atom. The molecule has 1 heterocycles. The summed E-state index contributed by atoms with van der Waals surface area (Å²) in [6.45, 7) is 0. The summed E-state index contributed by atoms with van der Waals surface area (Å²) < 4.78 is 25.7. The van der Waals surface area contributed by atoms with Crippen LogP contribution < -0.4 is 5.73 Å². The van der Waals surface area contributed by atoms with E-state index in [4.69, 9.17) is 5.73 Å². The van der Waals surface area contributed by atoms with Gasteiger partial charge in [0.1, 0.15) is 5.82 Å². The zero-order valence-corrected chi connectivity index (χ0v) is 7.63. The number of hydrogen-bond donors (Lipinski definition) is 2. The molecule has 2 rings (SSSR count). The summed E-state index contributed by atoms with van der Waals surface area (Å²) in [5, 5.41) is 6.35. The van der Waals surface area contributed by atoms with E-state index in [1.165, 1.54) is 0 Å². The summed E-state index contributed by atoms with van der Waals surface area (Å²) in [5.41, 5.74) is 5.34. The number of aromatic amines is 1. The van der Waals surface area contributed by atoms with Crippen LogP contribution in [0, 0.1) is 0 Å². The van der Waals surface area contributed by atoms with Crippen molar-refractivity contribution in [2.45, 2.75) is 37.5 Å². The minimum Gasteiger partial charge on any atom is -0.367 e. The van der Waals surface area contributed by atoms with Gasteiger partial charge in [-0.1, -0.05) is 0 Å². The molecular weight excluding hydrogens is 190 g/mol. The molecule has 1 saturated carbocycles. The first-order valence-corrected chi connectivity index (χ1v) is 4.62. The molecule has 0 aromatic carbocycles. The van der Waals surface area contributed by atoms with Crippen molar-refractivity contribution in [3.63, 3.8) is 0 Å². The average Bonchev–Trinajstić information content (AvgIpc) is 2.52. The van der Waals surface area contributed by atoms with Gasteiger partial charge in [0.15, 0.2) is 0 Å². The van der Waals surface area contributed by atoms with Gasteiger partial charge in [0.2, 0.25) is 11.9 Å². The highest BCUT2D eigenvalue weighted by atomic mass is 19.3. The van der Waals surface area contributed by atoms with E-state index in [0.29, 0.717) is 18.7 Å². The van der Waals surface area contributed by atoms with Gasteiger partial charge in [0.05, 0.1) is 0 Å². The molecule has 14 heavy (non-hydrogen) atoms. The van der Waals surface area contributed by atoms with Crippen LogP contribution >= 0.6 is 0 Å². The Balaban J connectivity index is 2.02. The van der Waals surface area contributed by atoms with Gasteiger partial charge in [0.25, 0.3) is 0 Å². The van der Waals surface area contributed by atoms with Gasteiger partial charge >= 0.3 is 0 Å². The molecule has 6 heteroatoms. The standard InChI is InChI=1S/C8H12F2N4/c9-8(10)3-1-5(2-4-8)6-12-7(11)14-13-6/h5H,1-4H2,(H3,11,12,13,14). The lowest BCUT2D eigenvalue weighted by Gasteiger charge is -2.26. The molecule has 1 aliphatic carbocycles. The SMILES string of the molecule is Nc1n[nH]c(C2CCC(F)(F)CC2)n1. The molecule has 1 fully saturated rings. The van der Waals surface area contributed by atoms with E-state index >= 15 is 0 Å². The second kappa shape index (κ2) is 3.18. The Morgan fingerprint density at radius 2 is 2.00 bits per heavy atom. The van der Waals surface area contributed by atoms with Crippen molar-refractivity contribution in [2.24, 2.45) is 0 Å². The Labute approximate surface area is 79.9 Å². The van der Waals surface area contributed by atoms with E-state index in [1.807, 2.05) is 0 Å². The van der Waals surface area contributed by atoms with Crippen molar-refractivity contribution < 1.29 is 8.78 Å². The maximum atomic E-state index is 12.8. The first-order valence-electron chi connectivity index (χ1n) is 4.62. The Morgan fingerprint density at radius 3 is 2.50 bits per heavy atom. The molecule has 1 aromatic heterocycles. The second-order valence-corrected chi connectivity index (χ2v) is 3.71. The topological polar surface area (TPSA) is 67.6 Å². The number of nitrogens with two attached hydrogens (primary N) is 1. The van der Waals surface area contributed by atoms with Crippen LogP contribution in [0.3, 0.4) is 0 Å². The van der Waals surface area contributed by atoms with Crippen molar-refractivity contribution in [3.8, 4) is 0 Å². The normalized spacial score (nSPS) is 22.4. The Hall–Kier alpha value is -1.20. The second-order valence-electron chi connectivity index (χ2n) is 3.71. The minimum absolute atomic E-state index is 0.0550. The first-order chi connectivity index (χ1) is 6.57. The molecule has 0 amide bonds. The van der Waals surface area contributed by atoms with Crippen molar-refractivity contribution >= 4 is 5.95 Å². The lowest BCUT2D eigenvalue weighted by atomic mass is 9.86. The van der Waals surface area contributed by atoms with Crippen molar-refractivity contribution in [2.75, 3.05) is 5.73 Å². The fourth-order valence-electron chi connectivity index (χ4n) is 1.78. The number of nitrogen functional groups attached to an aromatic ring is 1. The van der Waals surface area contributed by atoms with Gasteiger partial charge in [0, 0.05) is 18.8 Å². The Kier molecular flexibility index (Phi) is 2.13. The molecule has 0 unspecified atom stereocenters. The maximum absolute atomic E-state index is 12.8. The third-order valence-corrected chi connectivity index (χ3v) is 2.62. The largest absolute Gasteiger partial charge is 0.367 e. The van der Waals surface area contributed by atoms with E-state index in [9.17, 15) is 8.78 Å². The van der Waals surface area contributed by atoms with E-state index in [1.54, 1.807) is 0 Å². The third kappa shape index (κ3) is 1.83. The average molecular weight is 202 g/mol. The molecule has 0 spiro atoms. The van der Waals surface area contributed by atoms with E-state index in [2.05, 4.69) is 15.2 Å². The van der Waals surface area contributed by atoms with Crippen LogP contribution in [0.5, 0.6) is 0 Å². The van der Waals surface area contributed by atoms with E-state index in [0.717, 1.165) is 0 Å².